The highest BCUT2D eigenvalue weighted by Gasteiger charge is 2.01. The minimum Gasteiger partial charge on any atom is -0.384 e. The Kier molecular flexibility index (Phi) is 8.64. The van der Waals surface area contributed by atoms with E-state index in [-0.39, 0.29) is 12.2 Å². The van der Waals surface area contributed by atoms with Gasteiger partial charge in [0, 0.05) is 6.61 Å². The van der Waals surface area contributed by atoms with E-state index in [1.807, 2.05) is 0 Å². The van der Waals surface area contributed by atoms with Gasteiger partial charge in [0.25, 0.3) is 0 Å². The number of hydrogen-bond acceptors (Lipinski definition) is 3. The van der Waals surface area contributed by atoms with E-state index in [1.165, 1.54) is 6.07 Å². The lowest BCUT2D eigenvalue weighted by Gasteiger charge is -2.06. The molecule has 0 aliphatic rings. The zero-order valence-corrected chi connectivity index (χ0v) is 11.8. The van der Waals surface area contributed by atoms with Crippen molar-refractivity contribution < 1.29 is 19.0 Å². The Morgan fingerprint density at radius 2 is 2.00 bits per heavy atom. The van der Waals surface area contributed by atoms with Crippen LogP contribution >= 0.6 is 0 Å². The molecule has 4 heteroatoms. The van der Waals surface area contributed by atoms with E-state index in [4.69, 9.17) is 14.6 Å². The smallest absolute Gasteiger partial charge is 0.138 e. The van der Waals surface area contributed by atoms with Crippen LogP contribution in [-0.2, 0) is 16.1 Å². The van der Waals surface area contributed by atoms with Crippen LogP contribution in [0.15, 0.2) is 18.2 Å². The summed E-state index contributed by atoms with van der Waals surface area (Å²) in [4.78, 5) is 0. The average molecular weight is 280 g/mol. The second kappa shape index (κ2) is 10.4. The summed E-state index contributed by atoms with van der Waals surface area (Å²) in [5.41, 5.74) is 1.13. The number of rotatable bonds is 8. The fraction of sp³-hybridized carbons (Fsp3) is 0.500. The van der Waals surface area contributed by atoms with Crippen molar-refractivity contribution in [2.75, 3.05) is 26.4 Å². The summed E-state index contributed by atoms with van der Waals surface area (Å²) in [5.74, 6) is 4.61. The van der Waals surface area contributed by atoms with Crippen LogP contribution in [0.1, 0.15) is 30.9 Å². The monoisotopic (exact) mass is 280 g/mol. The van der Waals surface area contributed by atoms with E-state index in [2.05, 4.69) is 18.8 Å². The molecule has 0 saturated heterocycles. The highest BCUT2D eigenvalue weighted by Crippen LogP contribution is 2.10. The molecule has 0 aliphatic carbocycles. The average Bonchev–Trinajstić information content (AvgIpc) is 2.46. The Bertz CT molecular complexity index is 449. The minimum atomic E-state index is -0.391. The van der Waals surface area contributed by atoms with Crippen molar-refractivity contribution in [3.63, 3.8) is 0 Å². The number of aliphatic hydroxyl groups is 1. The Labute approximate surface area is 119 Å². The maximum atomic E-state index is 13.4. The predicted molar refractivity (Wildman–Crippen MR) is 75.7 cm³/mol. The van der Waals surface area contributed by atoms with Crippen molar-refractivity contribution in [3.8, 4) is 11.8 Å². The molecule has 1 aromatic rings. The Balaban J connectivity index is 2.33. The highest BCUT2D eigenvalue weighted by molar-refractivity contribution is 5.38. The molecule has 1 N–H and O–H groups in total. The van der Waals surface area contributed by atoms with Crippen LogP contribution in [0.5, 0.6) is 0 Å². The number of benzene rings is 1. The van der Waals surface area contributed by atoms with Gasteiger partial charge in [-0.1, -0.05) is 31.3 Å². The van der Waals surface area contributed by atoms with Gasteiger partial charge >= 0.3 is 0 Å². The van der Waals surface area contributed by atoms with Crippen LogP contribution in [0.25, 0.3) is 0 Å². The van der Waals surface area contributed by atoms with E-state index in [0.717, 1.165) is 25.0 Å². The van der Waals surface area contributed by atoms with E-state index < -0.39 is 5.82 Å². The normalized spacial score (nSPS) is 10.2. The first-order valence-electron chi connectivity index (χ1n) is 6.81. The van der Waals surface area contributed by atoms with Gasteiger partial charge in [-0.25, -0.2) is 4.39 Å². The van der Waals surface area contributed by atoms with E-state index >= 15 is 0 Å². The van der Waals surface area contributed by atoms with Crippen molar-refractivity contribution in [2.24, 2.45) is 0 Å². The summed E-state index contributed by atoms with van der Waals surface area (Å²) < 4.78 is 24.2. The second-order valence-electron chi connectivity index (χ2n) is 4.29. The number of halogens is 1. The third kappa shape index (κ3) is 6.67. The van der Waals surface area contributed by atoms with Gasteiger partial charge in [0.15, 0.2) is 0 Å². The fourth-order valence-electron chi connectivity index (χ4n) is 1.55. The second-order valence-corrected chi connectivity index (χ2v) is 4.29. The SMILES string of the molecule is CCCCOCCOCc1ccc(F)c(C#CCO)c1. The zero-order valence-electron chi connectivity index (χ0n) is 11.8. The van der Waals surface area contributed by atoms with Crippen LogP contribution in [-0.4, -0.2) is 31.5 Å². The standard InChI is InChI=1S/C16H21FO3/c1-2-3-9-19-10-11-20-13-14-6-7-16(17)15(12-14)5-4-8-18/h6-7,12,18H,2-3,8-11,13H2,1H3. The lowest BCUT2D eigenvalue weighted by atomic mass is 10.1. The number of aliphatic hydroxyl groups excluding tert-OH is 1. The highest BCUT2D eigenvalue weighted by atomic mass is 19.1. The van der Waals surface area contributed by atoms with E-state index in [1.54, 1.807) is 12.1 Å². The first kappa shape index (κ1) is 16.6. The molecule has 0 amide bonds. The lowest BCUT2D eigenvalue weighted by molar-refractivity contribution is 0.0396. The Morgan fingerprint density at radius 1 is 1.20 bits per heavy atom. The molecule has 0 aromatic heterocycles. The molecule has 3 nitrogen and oxygen atoms in total. The third-order valence-corrected chi connectivity index (χ3v) is 2.62. The zero-order chi connectivity index (χ0) is 14.6. The molecule has 0 aliphatic heterocycles. The molecule has 110 valence electrons. The Morgan fingerprint density at radius 3 is 2.75 bits per heavy atom. The summed E-state index contributed by atoms with van der Waals surface area (Å²) in [6.07, 6.45) is 2.18. The molecule has 20 heavy (non-hydrogen) atoms. The van der Waals surface area contributed by atoms with Crippen LogP contribution in [0.3, 0.4) is 0 Å². The van der Waals surface area contributed by atoms with Gasteiger partial charge in [0.2, 0.25) is 0 Å². The molecule has 0 unspecified atom stereocenters. The molecule has 0 bridgehead atoms. The molecule has 1 aromatic carbocycles. The van der Waals surface area contributed by atoms with Crippen molar-refractivity contribution >= 4 is 0 Å². The molecule has 0 fully saturated rings. The molecule has 0 radical (unpaired) electrons. The number of ether oxygens (including phenoxy) is 2. The van der Waals surface area contributed by atoms with Gasteiger partial charge in [-0.3, -0.25) is 0 Å². The van der Waals surface area contributed by atoms with Crippen molar-refractivity contribution in [2.45, 2.75) is 26.4 Å². The summed E-state index contributed by atoms with van der Waals surface area (Å²) >= 11 is 0. The van der Waals surface area contributed by atoms with E-state index in [0.29, 0.717) is 19.8 Å². The number of hydrogen-bond donors (Lipinski definition) is 1. The molecule has 0 saturated carbocycles. The van der Waals surface area contributed by atoms with E-state index in [9.17, 15) is 4.39 Å². The summed E-state index contributed by atoms with van der Waals surface area (Å²) in [6, 6.07) is 4.66. The molecular weight excluding hydrogens is 259 g/mol. The van der Waals surface area contributed by atoms with Crippen molar-refractivity contribution in [1.29, 1.82) is 0 Å². The third-order valence-electron chi connectivity index (χ3n) is 2.62. The molecular formula is C16H21FO3. The summed E-state index contributed by atoms with van der Waals surface area (Å²) in [6.45, 7) is 4.07. The minimum absolute atomic E-state index is 0.277. The topological polar surface area (TPSA) is 38.7 Å². The first-order valence-corrected chi connectivity index (χ1v) is 6.81. The van der Waals surface area contributed by atoms with Crippen molar-refractivity contribution in [3.05, 3.63) is 35.1 Å². The number of unbranched alkanes of at least 4 members (excludes halogenated alkanes) is 1. The van der Waals surface area contributed by atoms with Gasteiger partial charge in [0.05, 0.1) is 25.4 Å². The predicted octanol–water partition coefficient (Wildman–Crippen LogP) is 2.50. The van der Waals surface area contributed by atoms with Crippen LogP contribution in [0.4, 0.5) is 4.39 Å². The molecule has 1 rings (SSSR count). The molecule has 0 heterocycles. The Hall–Kier alpha value is -1.41. The molecule has 0 spiro atoms. The van der Waals surface area contributed by atoms with Crippen molar-refractivity contribution in [1.82, 2.24) is 0 Å². The van der Waals surface area contributed by atoms with Crippen LogP contribution in [0.2, 0.25) is 0 Å². The maximum absolute atomic E-state index is 13.4. The van der Waals surface area contributed by atoms with Gasteiger partial charge in [0.1, 0.15) is 12.4 Å². The van der Waals surface area contributed by atoms with Gasteiger partial charge < -0.3 is 14.6 Å². The first-order chi connectivity index (χ1) is 9.77. The quantitative estimate of drug-likeness (QED) is 0.587. The van der Waals surface area contributed by atoms with Gasteiger partial charge in [-0.2, -0.15) is 0 Å². The summed E-state index contributed by atoms with van der Waals surface area (Å²) in [7, 11) is 0. The fourth-order valence-corrected chi connectivity index (χ4v) is 1.55. The lowest BCUT2D eigenvalue weighted by Crippen LogP contribution is -2.05. The van der Waals surface area contributed by atoms with Crippen LogP contribution < -0.4 is 0 Å². The summed E-state index contributed by atoms with van der Waals surface area (Å²) in [5, 5.41) is 8.62. The van der Waals surface area contributed by atoms with Gasteiger partial charge in [-0.05, 0) is 24.1 Å². The van der Waals surface area contributed by atoms with Gasteiger partial charge in [-0.15, -0.1) is 0 Å². The van der Waals surface area contributed by atoms with Crippen LogP contribution in [0, 0.1) is 17.7 Å². The molecule has 0 atom stereocenters. The maximum Gasteiger partial charge on any atom is 0.138 e. The largest absolute Gasteiger partial charge is 0.384 e.